The van der Waals surface area contributed by atoms with Crippen molar-refractivity contribution in [2.24, 2.45) is 0 Å². The largest absolute Gasteiger partial charge is 0.388 e. The van der Waals surface area contributed by atoms with Gasteiger partial charge in [-0.3, -0.25) is 10.1 Å². The molecule has 0 saturated heterocycles. The molecule has 4 rings (SSSR count). The Balaban J connectivity index is 1.51. The summed E-state index contributed by atoms with van der Waals surface area (Å²) in [5.41, 5.74) is 1.03. The Morgan fingerprint density at radius 1 is 1.09 bits per heavy atom. The average Bonchev–Trinajstić information content (AvgIpc) is 3.21. The van der Waals surface area contributed by atoms with Crippen molar-refractivity contribution in [3.05, 3.63) is 64.3 Å². The molecule has 4 aromatic rings. The highest BCUT2D eigenvalue weighted by Crippen LogP contribution is 2.20. The Morgan fingerprint density at radius 2 is 1.91 bits per heavy atom. The zero-order chi connectivity index (χ0) is 22.9. The molecule has 2 amide bonds. The fourth-order valence-electron chi connectivity index (χ4n) is 2.82. The summed E-state index contributed by atoms with van der Waals surface area (Å²) in [7, 11) is -2.22. The van der Waals surface area contributed by atoms with E-state index in [1.165, 1.54) is 29.4 Å². The van der Waals surface area contributed by atoms with Gasteiger partial charge in [0.05, 0.1) is 23.3 Å². The molecule has 3 N–H and O–H groups in total. The quantitative estimate of drug-likeness (QED) is 0.401. The number of urea groups is 1. The van der Waals surface area contributed by atoms with Crippen LogP contribution in [0.25, 0.3) is 16.7 Å². The van der Waals surface area contributed by atoms with Gasteiger partial charge >= 0.3 is 6.03 Å². The molecule has 11 nitrogen and oxygen atoms in total. The molecule has 0 unspecified atom stereocenters. The normalized spacial score (nSPS) is 11.3. The van der Waals surface area contributed by atoms with Gasteiger partial charge in [0, 0.05) is 17.6 Å². The highest BCUT2D eigenvalue weighted by Gasteiger charge is 2.19. The van der Waals surface area contributed by atoms with Crippen LogP contribution >= 0.6 is 11.3 Å². The standard InChI is InChI=1S/C19H17N7O4S2/c1-11-3-6-17(31-11)32(29,30)25-19(28)24-15-8-22-16(9-21-15)26-10-23-14-7-12(20-2)4-5-13(14)18(26)27/h3-10,20H,1-2H3,(H2,21,24,25,28). The number of aromatic nitrogens is 4. The zero-order valence-corrected chi connectivity index (χ0v) is 18.5. The summed E-state index contributed by atoms with van der Waals surface area (Å²) >= 11 is 1.05. The van der Waals surface area contributed by atoms with Gasteiger partial charge in [-0.2, -0.15) is 0 Å². The number of anilines is 2. The molecule has 0 bridgehead atoms. The minimum atomic E-state index is -3.99. The zero-order valence-electron chi connectivity index (χ0n) is 16.9. The Labute approximate surface area is 186 Å². The predicted molar refractivity (Wildman–Crippen MR) is 121 cm³/mol. The van der Waals surface area contributed by atoms with Crippen LogP contribution in [0.15, 0.2) is 58.1 Å². The minimum absolute atomic E-state index is 0.00395. The van der Waals surface area contributed by atoms with Crippen molar-refractivity contribution in [2.75, 3.05) is 17.7 Å². The molecule has 0 saturated carbocycles. The van der Waals surface area contributed by atoms with Gasteiger partial charge < -0.3 is 5.32 Å². The molecule has 0 spiro atoms. The molecule has 3 aromatic heterocycles. The second-order valence-corrected chi connectivity index (χ2v) is 9.78. The number of nitrogens with one attached hydrogen (secondary N) is 3. The molecular formula is C19H17N7O4S2. The molecule has 0 fully saturated rings. The molecule has 32 heavy (non-hydrogen) atoms. The maximum absolute atomic E-state index is 12.8. The molecule has 0 atom stereocenters. The number of rotatable bonds is 5. The van der Waals surface area contributed by atoms with Gasteiger partial charge in [-0.15, -0.1) is 11.3 Å². The van der Waals surface area contributed by atoms with E-state index in [1.54, 1.807) is 38.2 Å². The second kappa shape index (κ2) is 8.36. The van der Waals surface area contributed by atoms with Gasteiger partial charge in [-0.1, -0.05) is 0 Å². The number of amides is 2. The van der Waals surface area contributed by atoms with Crippen molar-refractivity contribution >= 4 is 49.8 Å². The van der Waals surface area contributed by atoms with Crippen LogP contribution < -0.4 is 20.9 Å². The number of sulfonamides is 1. The van der Waals surface area contributed by atoms with Crippen LogP contribution in [0.4, 0.5) is 16.3 Å². The van der Waals surface area contributed by atoms with Crippen LogP contribution in [0.2, 0.25) is 0 Å². The van der Waals surface area contributed by atoms with Crippen LogP contribution in [0, 0.1) is 6.92 Å². The first kappa shape index (κ1) is 21.4. The highest BCUT2D eigenvalue weighted by atomic mass is 32.2. The topological polar surface area (TPSA) is 148 Å². The van der Waals surface area contributed by atoms with Gasteiger partial charge in [0.15, 0.2) is 11.6 Å². The molecular weight excluding hydrogens is 454 g/mol. The molecule has 3 heterocycles. The van der Waals surface area contributed by atoms with Crippen LogP contribution in [-0.2, 0) is 10.0 Å². The Hall–Kier alpha value is -3.84. The molecule has 164 valence electrons. The summed E-state index contributed by atoms with van der Waals surface area (Å²) in [5.74, 6) is 0.194. The molecule has 0 radical (unpaired) electrons. The van der Waals surface area contributed by atoms with Gasteiger partial charge in [0.25, 0.3) is 15.6 Å². The van der Waals surface area contributed by atoms with E-state index < -0.39 is 16.1 Å². The van der Waals surface area contributed by atoms with E-state index in [4.69, 9.17) is 0 Å². The molecule has 13 heteroatoms. The summed E-state index contributed by atoms with van der Waals surface area (Å²) in [6.07, 6.45) is 3.81. The second-order valence-electron chi connectivity index (χ2n) is 6.59. The summed E-state index contributed by atoms with van der Waals surface area (Å²) in [4.78, 5) is 38.1. The SMILES string of the molecule is CNc1ccc2c(=O)n(-c3cnc(NC(=O)NS(=O)(=O)c4ccc(C)s4)cn3)cnc2c1. The predicted octanol–water partition coefficient (Wildman–Crippen LogP) is 2.10. The Bertz CT molecular complexity index is 1480. The molecule has 1 aromatic carbocycles. The number of hydrogen-bond acceptors (Lipinski definition) is 9. The van der Waals surface area contributed by atoms with Crippen LogP contribution in [0.3, 0.4) is 0 Å². The van der Waals surface area contributed by atoms with E-state index in [1.807, 2.05) is 4.72 Å². The maximum atomic E-state index is 12.8. The third-order valence-corrected chi connectivity index (χ3v) is 7.21. The average molecular weight is 472 g/mol. The fraction of sp³-hybridized carbons (Fsp3) is 0.105. The van der Waals surface area contributed by atoms with Crippen LogP contribution in [0.5, 0.6) is 0 Å². The molecule has 0 aliphatic heterocycles. The first-order valence-electron chi connectivity index (χ1n) is 9.18. The summed E-state index contributed by atoms with van der Waals surface area (Å²) in [6.45, 7) is 1.76. The first-order valence-corrected chi connectivity index (χ1v) is 11.5. The van der Waals surface area contributed by atoms with E-state index in [0.29, 0.717) is 10.9 Å². The van der Waals surface area contributed by atoms with E-state index >= 15 is 0 Å². The van der Waals surface area contributed by atoms with Crippen molar-refractivity contribution in [1.29, 1.82) is 0 Å². The van der Waals surface area contributed by atoms with Crippen molar-refractivity contribution in [3.63, 3.8) is 0 Å². The van der Waals surface area contributed by atoms with Crippen molar-refractivity contribution in [3.8, 4) is 5.82 Å². The molecule has 0 aliphatic carbocycles. The number of fused-ring (bicyclic) bond motifs is 1. The Kier molecular flexibility index (Phi) is 5.59. The van der Waals surface area contributed by atoms with Gasteiger partial charge in [0.2, 0.25) is 0 Å². The number of aryl methyl sites for hydroxylation is 1. The number of thiophene rings is 1. The van der Waals surface area contributed by atoms with Crippen molar-refractivity contribution in [1.82, 2.24) is 24.2 Å². The van der Waals surface area contributed by atoms with Crippen molar-refractivity contribution < 1.29 is 13.2 Å². The lowest BCUT2D eigenvalue weighted by atomic mass is 10.2. The third-order valence-electron chi connectivity index (χ3n) is 4.38. The van der Waals surface area contributed by atoms with Crippen LogP contribution in [0.1, 0.15) is 4.88 Å². The van der Waals surface area contributed by atoms with Crippen LogP contribution in [-0.4, -0.2) is 41.0 Å². The highest BCUT2D eigenvalue weighted by molar-refractivity contribution is 7.92. The van der Waals surface area contributed by atoms with Gasteiger partial charge in [-0.05, 0) is 37.3 Å². The number of nitrogens with zero attached hydrogens (tertiary/aromatic N) is 4. The summed E-state index contributed by atoms with van der Waals surface area (Å²) in [5, 5.41) is 5.69. The van der Waals surface area contributed by atoms with E-state index in [-0.39, 0.29) is 21.4 Å². The lowest BCUT2D eigenvalue weighted by Gasteiger charge is -2.09. The third kappa shape index (κ3) is 4.29. The number of benzene rings is 1. The lowest BCUT2D eigenvalue weighted by Crippen LogP contribution is -2.34. The Morgan fingerprint density at radius 3 is 2.56 bits per heavy atom. The van der Waals surface area contributed by atoms with E-state index in [0.717, 1.165) is 21.9 Å². The smallest absolute Gasteiger partial charge is 0.334 e. The monoisotopic (exact) mass is 471 g/mol. The lowest BCUT2D eigenvalue weighted by molar-refractivity contribution is 0.256. The first-order chi connectivity index (χ1) is 15.3. The fourth-order valence-corrected chi connectivity index (χ4v) is 5.01. The van der Waals surface area contributed by atoms with Gasteiger partial charge in [-0.25, -0.2) is 37.5 Å². The summed E-state index contributed by atoms with van der Waals surface area (Å²) in [6, 6.07) is 7.26. The van der Waals surface area contributed by atoms with Crippen molar-refractivity contribution in [2.45, 2.75) is 11.1 Å². The number of hydrogen-bond donors (Lipinski definition) is 3. The van der Waals surface area contributed by atoms with E-state index in [9.17, 15) is 18.0 Å². The van der Waals surface area contributed by atoms with Gasteiger partial charge in [0.1, 0.15) is 10.5 Å². The summed E-state index contributed by atoms with van der Waals surface area (Å²) < 4.78 is 27.6. The molecule has 0 aliphatic rings. The maximum Gasteiger partial charge on any atom is 0.334 e. The number of carbonyl (C=O) groups is 1. The van der Waals surface area contributed by atoms with E-state index in [2.05, 4.69) is 25.6 Å². The number of carbonyl (C=O) groups excluding carboxylic acids is 1. The minimum Gasteiger partial charge on any atom is -0.388 e.